The molecule has 3 rings (SSSR count). The largest absolute Gasteiger partial charge is 0.307 e. The van der Waals surface area contributed by atoms with Crippen molar-refractivity contribution in [2.24, 2.45) is 0 Å². The van der Waals surface area contributed by atoms with E-state index in [1.54, 1.807) is 6.20 Å². The van der Waals surface area contributed by atoms with Crippen molar-refractivity contribution in [1.82, 2.24) is 14.1 Å². The van der Waals surface area contributed by atoms with Gasteiger partial charge in [0.25, 0.3) is 0 Å². The number of sulfonamides is 1. The molecule has 1 N–H and O–H groups in total. The lowest BCUT2D eigenvalue weighted by Crippen LogP contribution is -2.27. The van der Waals surface area contributed by atoms with E-state index in [9.17, 15) is 17.2 Å². The van der Waals surface area contributed by atoms with Crippen LogP contribution in [0.3, 0.4) is 0 Å². The summed E-state index contributed by atoms with van der Waals surface area (Å²) in [6.07, 6.45) is 3.95. The van der Waals surface area contributed by atoms with Crippen molar-refractivity contribution in [3.8, 4) is 0 Å². The molecule has 0 aliphatic heterocycles. The second-order valence-corrected chi connectivity index (χ2v) is 6.66. The molecule has 0 amide bonds. The molecule has 0 aliphatic carbocycles. The molecule has 1 aromatic carbocycles. The van der Waals surface area contributed by atoms with Crippen LogP contribution in [0.1, 0.15) is 5.69 Å². The molecule has 0 radical (unpaired) electrons. The maximum absolute atomic E-state index is 13.6. The molecule has 0 aliphatic rings. The molecule has 0 saturated carbocycles. The quantitative estimate of drug-likeness (QED) is 0.776. The summed E-state index contributed by atoms with van der Waals surface area (Å²) in [6.45, 7) is 0.0299. The van der Waals surface area contributed by atoms with Gasteiger partial charge in [-0.1, -0.05) is 6.07 Å². The summed E-state index contributed by atoms with van der Waals surface area (Å²) in [4.78, 5) is 3.63. The molecular formula is C15H13F2N3O2S. The molecule has 8 heteroatoms. The fourth-order valence-electron chi connectivity index (χ4n) is 2.18. The predicted molar refractivity (Wildman–Crippen MR) is 80.4 cm³/mol. The second-order valence-electron chi connectivity index (χ2n) is 4.92. The molecule has 0 bridgehead atoms. The summed E-state index contributed by atoms with van der Waals surface area (Å²) in [7, 11) is -4.11. The van der Waals surface area contributed by atoms with E-state index in [1.165, 1.54) is 0 Å². The highest BCUT2D eigenvalue weighted by Gasteiger charge is 2.19. The third-order valence-electron chi connectivity index (χ3n) is 3.27. The first kappa shape index (κ1) is 15.6. The Morgan fingerprint density at radius 1 is 1.17 bits per heavy atom. The lowest BCUT2D eigenvalue weighted by Gasteiger charge is -2.07. The number of halogens is 2. The number of benzene rings is 1. The monoisotopic (exact) mass is 337 g/mol. The molecule has 23 heavy (non-hydrogen) atoms. The molecule has 0 saturated heterocycles. The highest BCUT2D eigenvalue weighted by Crippen LogP contribution is 2.15. The summed E-state index contributed by atoms with van der Waals surface area (Å²) < 4.78 is 54.8. The number of aromatic nitrogens is 2. The second kappa shape index (κ2) is 6.05. The first-order valence-corrected chi connectivity index (χ1v) is 8.31. The number of imidazole rings is 1. The third-order valence-corrected chi connectivity index (χ3v) is 4.75. The Balaban J connectivity index is 1.71. The first-order valence-electron chi connectivity index (χ1n) is 6.83. The number of fused-ring (bicyclic) bond motifs is 1. The third kappa shape index (κ3) is 3.38. The number of nitrogens with zero attached hydrogens (tertiary/aromatic N) is 2. The van der Waals surface area contributed by atoms with Gasteiger partial charge in [-0.15, -0.1) is 0 Å². The first-order chi connectivity index (χ1) is 11.0. The highest BCUT2D eigenvalue weighted by molar-refractivity contribution is 7.89. The summed E-state index contributed by atoms with van der Waals surface area (Å²) in [5.74, 6) is -1.81. The summed E-state index contributed by atoms with van der Waals surface area (Å²) in [6, 6.07) is 7.84. The number of pyridine rings is 1. The van der Waals surface area contributed by atoms with Crippen LogP contribution in [0, 0.1) is 11.6 Å². The van der Waals surface area contributed by atoms with E-state index in [1.807, 2.05) is 28.8 Å². The van der Waals surface area contributed by atoms with Crippen LogP contribution in [0.25, 0.3) is 5.65 Å². The minimum Gasteiger partial charge on any atom is -0.307 e. The average molecular weight is 337 g/mol. The smallest absolute Gasteiger partial charge is 0.243 e. The zero-order chi connectivity index (χ0) is 16.4. The van der Waals surface area contributed by atoms with Gasteiger partial charge in [0.15, 0.2) is 0 Å². The molecule has 0 spiro atoms. The summed E-state index contributed by atoms with van der Waals surface area (Å²) >= 11 is 0. The van der Waals surface area contributed by atoms with Crippen LogP contribution in [0.4, 0.5) is 8.78 Å². The van der Waals surface area contributed by atoms with E-state index >= 15 is 0 Å². The zero-order valence-electron chi connectivity index (χ0n) is 11.9. The van der Waals surface area contributed by atoms with Crippen LogP contribution >= 0.6 is 0 Å². The molecule has 0 fully saturated rings. The van der Waals surface area contributed by atoms with Crippen LogP contribution in [0.5, 0.6) is 0 Å². The Bertz CT molecular complexity index is 921. The molecule has 5 nitrogen and oxygen atoms in total. The topological polar surface area (TPSA) is 63.5 Å². The minimum atomic E-state index is -4.11. The van der Waals surface area contributed by atoms with Crippen molar-refractivity contribution in [1.29, 1.82) is 0 Å². The van der Waals surface area contributed by atoms with Crippen molar-refractivity contribution in [3.63, 3.8) is 0 Å². The minimum absolute atomic E-state index is 0.0299. The Morgan fingerprint density at radius 2 is 2.00 bits per heavy atom. The standard InChI is InChI=1S/C15H13F2N3O2S/c16-11-4-5-13(17)14(9-11)23(21,22)18-7-6-12-10-20-8-2-1-3-15(20)19-12/h1-5,8-10,18H,6-7H2. The fourth-order valence-corrected chi connectivity index (χ4v) is 3.30. The normalized spacial score (nSPS) is 11.9. The van der Waals surface area contributed by atoms with Crippen LogP contribution in [-0.2, 0) is 16.4 Å². The lowest BCUT2D eigenvalue weighted by atomic mass is 10.3. The van der Waals surface area contributed by atoms with Gasteiger partial charge in [0.05, 0.1) is 5.69 Å². The van der Waals surface area contributed by atoms with E-state index < -0.39 is 26.6 Å². The van der Waals surface area contributed by atoms with Crippen molar-refractivity contribution in [2.75, 3.05) is 6.54 Å². The van der Waals surface area contributed by atoms with Crippen molar-refractivity contribution in [3.05, 3.63) is 66.1 Å². The van der Waals surface area contributed by atoms with Crippen LogP contribution in [0.15, 0.2) is 53.7 Å². The number of rotatable bonds is 5. The van der Waals surface area contributed by atoms with Gasteiger partial charge >= 0.3 is 0 Å². The van der Waals surface area contributed by atoms with E-state index in [2.05, 4.69) is 9.71 Å². The fraction of sp³-hybridized carbons (Fsp3) is 0.133. The maximum Gasteiger partial charge on any atom is 0.243 e. The van der Waals surface area contributed by atoms with E-state index in [4.69, 9.17) is 0 Å². The van der Waals surface area contributed by atoms with Crippen LogP contribution in [-0.4, -0.2) is 24.3 Å². The molecular weight excluding hydrogens is 324 g/mol. The summed E-state index contributed by atoms with van der Waals surface area (Å²) in [5.41, 5.74) is 1.44. The molecule has 0 unspecified atom stereocenters. The van der Waals surface area contributed by atoms with E-state index in [0.29, 0.717) is 18.2 Å². The Kier molecular flexibility index (Phi) is 4.10. The van der Waals surface area contributed by atoms with Crippen molar-refractivity contribution in [2.45, 2.75) is 11.3 Å². The van der Waals surface area contributed by atoms with Crippen molar-refractivity contribution >= 4 is 15.7 Å². The predicted octanol–water partition coefficient (Wildman–Crippen LogP) is 2.13. The van der Waals surface area contributed by atoms with Gasteiger partial charge in [-0.2, -0.15) is 0 Å². The van der Waals surface area contributed by atoms with Gasteiger partial charge < -0.3 is 4.40 Å². The average Bonchev–Trinajstić information content (AvgIpc) is 2.92. The Labute approximate surface area is 131 Å². The number of hydrogen-bond acceptors (Lipinski definition) is 3. The summed E-state index contributed by atoms with van der Waals surface area (Å²) in [5, 5.41) is 0. The zero-order valence-corrected chi connectivity index (χ0v) is 12.7. The Morgan fingerprint density at radius 3 is 2.78 bits per heavy atom. The van der Waals surface area contributed by atoms with Crippen LogP contribution < -0.4 is 4.72 Å². The molecule has 3 aromatic rings. The van der Waals surface area contributed by atoms with Gasteiger partial charge in [0.1, 0.15) is 22.2 Å². The van der Waals surface area contributed by atoms with Crippen LogP contribution in [0.2, 0.25) is 0 Å². The molecule has 120 valence electrons. The molecule has 2 heterocycles. The van der Waals surface area contributed by atoms with Gasteiger partial charge in [-0.05, 0) is 30.3 Å². The van der Waals surface area contributed by atoms with Gasteiger partial charge in [0, 0.05) is 25.4 Å². The number of nitrogens with one attached hydrogen (secondary N) is 1. The van der Waals surface area contributed by atoms with E-state index in [-0.39, 0.29) is 6.54 Å². The highest BCUT2D eigenvalue weighted by atomic mass is 32.2. The van der Waals surface area contributed by atoms with E-state index in [0.717, 1.165) is 17.8 Å². The number of hydrogen-bond donors (Lipinski definition) is 1. The Hall–Kier alpha value is -2.32. The lowest BCUT2D eigenvalue weighted by molar-refractivity contribution is 0.546. The van der Waals surface area contributed by atoms with Crippen molar-refractivity contribution < 1.29 is 17.2 Å². The van der Waals surface area contributed by atoms with Gasteiger partial charge in [0.2, 0.25) is 10.0 Å². The van der Waals surface area contributed by atoms with Gasteiger partial charge in [-0.25, -0.2) is 26.9 Å². The molecule has 2 aromatic heterocycles. The molecule has 0 atom stereocenters. The maximum atomic E-state index is 13.6. The van der Waals surface area contributed by atoms with Gasteiger partial charge in [-0.3, -0.25) is 0 Å². The SMILES string of the molecule is O=S(=O)(NCCc1cn2ccccc2n1)c1cc(F)ccc1F.